The Hall–Kier alpha value is -3.11. The third-order valence-electron chi connectivity index (χ3n) is 4.04. The van der Waals surface area contributed by atoms with Crippen LogP contribution >= 0.6 is 11.6 Å². The number of aromatic nitrogens is 2. The van der Waals surface area contributed by atoms with E-state index in [0.717, 1.165) is 11.1 Å². The Morgan fingerprint density at radius 3 is 2.54 bits per heavy atom. The number of hydrogen-bond donors (Lipinski definition) is 0. The van der Waals surface area contributed by atoms with E-state index in [4.69, 9.17) is 16.3 Å². The third-order valence-corrected chi connectivity index (χ3v) is 4.33. The van der Waals surface area contributed by atoms with Gasteiger partial charge in [-0.15, -0.1) is 0 Å². The highest BCUT2D eigenvalue weighted by Gasteiger charge is 2.07. The predicted octanol–water partition coefficient (Wildman–Crippen LogP) is 4.59. The molecule has 2 aromatic heterocycles. The zero-order valence-corrected chi connectivity index (χ0v) is 14.6. The van der Waals surface area contributed by atoms with Crippen LogP contribution in [-0.4, -0.2) is 9.38 Å². The molecule has 0 radical (unpaired) electrons. The van der Waals surface area contributed by atoms with Crippen LogP contribution in [0.1, 0.15) is 5.69 Å². The molecule has 4 rings (SSSR count). The number of nitrogens with zero attached hydrogens (tertiary/aromatic N) is 2. The number of halogens is 1. The number of fused-ring (bicyclic) bond motifs is 1. The molecule has 2 aromatic carbocycles. The smallest absolute Gasteiger partial charge is 0.258 e. The number of hydrogen-bond acceptors (Lipinski definition) is 3. The van der Waals surface area contributed by atoms with E-state index in [1.54, 1.807) is 18.3 Å². The zero-order chi connectivity index (χ0) is 17.9. The van der Waals surface area contributed by atoms with Gasteiger partial charge in [-0.2, -0.15) is 0 Å². The molecule has 0 saturated heterocycles. The van der Waals surface area contributed by atoms with Crippen molar-refractivity contribution < 1.29 is 4.74 Å². The fourth-order valence-electron chi connectivity index (χ4n) is 2.76. The molecular formula is C21H15ClN2O2. The maximum atomic E-state index is 12.1. The number of pyridine rings is 1. The van der Waals surface area contributed by atoms with E-state index in [2.05, 4.69) is 4.98 Å². The van der Waals surface area contributed by atoms with Gasteiger partial charge in [0.05, 0.1) is 10.7 Å². The third kappa shape index (κ3) is 3.32. The summed E-state index contributed by atoms with van der Waals surface area (Å²) in [7, 11) is 0. The highest BCUT2D eigenvalue weighted by atomic mass is 35.5. The minimum atomic E-state index is -0.139. The van der Waals surface area contributed by atoms with E-state index in [-0.39, 0.29) is 12.2 Å². The average Bonchev–Trinajstić information content (AvgIpc) is 2.68. The summed E-state index contributed by atoms with van der Waals surface area (Å²) in [5.41, 5.74) is 3.11. The van der Waals surface area contributed by atoms with Crippen LogP contribution in [0.15, 0.2) is 83.8 Å². The number of rotatable bonds is 4. The van der Waals surface area contributed by atoms with Crippen molar-refractivity contribution in [3.63, 3.8) is 0 Å². The van der Waals surface area contributed by atoms with E-state index in [0.29, 0.717) is 22.1 Å². The summed E-state index contributed by atoms with van der Waals surface area (Å²) in [6, 6.07) is 22.5. The highest BCUT2D eigenvalue weighted by molar-refractivity contribution is 6.32. The monoisotopic (exact) mass is 362 g/mol. The summed E-state index contributed by atoms with van der Waals surface area (Å²) >= 11 is 6.36. The lowest BCUT2D eigenvalue weighted by Gasteiger charge is -2.10. The molecule has 0 bridgehead atoms. The molecule has 0 atom stereocenters. The summed E-state index contributed by atoms with van der Waals surface area (Å²) in [5, 5.41) is 0.517. The summed E-state index contributed by atoms with van der Waals surface area (Å²) in [6.45, 7) is 0.172. The van der Waals surface area contributed by atoms with Crippen LogP contribution in [0.2, 0.25) is 5.02 Å². The van der Waals surface area contributed by atoms with Crippen LogP contribution in [0.3, 0.4) is 0 Å². The summed E-state index contributed by atoms with van der Waals surface area (Å²) < 4.78 is 7.27. The quantitative estimate of drug-likeness (QED) is 0.533. The van der Waals surface area contributed by atoms with Gasteiger partial charge in [0, 0.05) is 12.3 Å². The van der Waals surface area contributed by atoms with Gasteiger partial charge in [0.2, 0.25) is 0 Å². The minimum Gasteiger partial charge on any atom is -0.486 e. The average molecular weight is 363 g/mol. The van der Waals surface area contributed by atoms with Crippen molar-refractivity contribution in [3.8, 4) is 16.9 Å². The van der Waals surface area contributed by atoms with Crippen LogP contribution in [-0.2, 0) is 6.61 Å². The summed E-state index contributed by atoms with van der Waals surface area (Å²) in [4.78, 5) is 16.6. The first kappa shape index (κ1) is 16.4. The number of benzene rings is 2. The van der Waals surface area contributed by atoms with Crippen molar-refractivity contribution in [1.29, 1.82) is 0 Å². The SMILES string of the molecule is O=c1cc(COc2ccc(-c3ccccc3)cc2Cl)nc2ccccn12. The Labute approximate surface area is 155 Å². The Kier molecular flexibility index (Phi) is 4.42. The largest absolute Gasteiger partial charge is 0.486 e. The molecule has 0 unspecified atom stereocenters. The fraction of sp³-hybridized carbons (Fsp3) is 0.0476. The van der Waals surface area contributed by atoms with Gasteiger partial charge >= 0.3 is 0 Å². The number of ether oxygens (including phenoxy) is 1. The van der Waals surface area contributed by atoms with E-state index in [9.17, 15) is 4.79 Å². The van der Waals surface area contributed by atoms with Crippen molar-refractivity contribution in [1.82, 2.24) is 9.38 Å². The second kappa shape index (κ2) is 7.02. The van der Waals surface area contributed by atoms with Crippen molar-refractivity contribution in [3.05, 3.63) is 100 Å². The first-order valence-electron chi connectivity index (χ1n) is 8.16. The van der Waals surface area contributed by atoms with E-state index < -0.39 is 0 Å². The highest BCUT2D eigenvalue weighted by Crippen LogP contribution is 2.30. The normalized spacial score (nSPS) is 10.8. The first-order valence-corrected chi connectivity index (χ1v) is 8.53. The molecule has 0 aliphatic heterocycles. The maximum Gasteiger partial charge on any atom is 0.258 e. The Morgan fingerprint density at radius 2 is 1.73 bits per heavy atom. The van der Waals surface area contributed by atoms with Crippen LogP contribution in [0, 0.1) is 0 Å². The van der Waals surface area contributed by atoms with Gasteiger partial charge in [0.15, 0.2) is 0 Å². The lowest BCUT2D eigenvalue weighted by Crippen LogP contribution is -2.16. The van der Waals surface area contributed by atoms with Crippen LogP contribution in [0.5, 0.6) is 5.75 Å². The Bertz CT molecular complexity index is 1120. The molecule has 0 fully saturated rings. The Morgan fingerprint density at radius 1 is 0.923 bits per heavy atom. The van der Waals surface area contributed by atoms with Crippen LogP contribution in [0.4, 0.5) is 0 Å². The molecule has 0 saturated carbocycles. The molecule has 0 aliphatic rings. The molecule has 0 amide bonds. The van der Waals surface area contributed by atoms with Crippen molar-refractivity contribution >= 4 is 17.2 Å². The second-order valence-corrected chi connectivity index (χ2v) is 6.22. The van der Waals surface area contributed by atoms with Crippen molar-refractivity contribution in [2.45, 2.75) is 6.61 Å². The first-order chi connectivity index (χ1) is 12.7. The molecule has 0 N–H and O–H groups in total. The lowest BCUT2D eigenvalue weighted by atomic mass is 10.1. The van der Waals surface area contributed by atoms with Crippen LogP contribution in [0.25, 0.3) is 16.8 Å². The van der Waals surface area contributed by atoms with Gasteiger partial charge in [0.25, 0.3) is 5.56 Å². The van der Waals surface area contributed by atoms with E-state index in [1.165, 1.54) is 10.5 Å². The maximum absolute atomic E-state index is 12.1. The van der Waals surface area contributed by atoms with E-state index >= 15 is 0 Å². The molecule has 26 heavy (non-hydrogen) atoms. The minimum absolute atomic E-state index is 0.139. The van der Waals surface area contributed by atoms with Gasteiger partial charge in [-0.25, -0.2) is 4.98 Å². The van der Waals surface area contributed by atoms with Gasteiger partial charge in [-0.05, 0) is 35.4 Å². The topological polar surface area (TPSA) is 43.6 Å². The molecule has 2 heterocycles. The molecule has 4 nitrogen and oxygen atoms in total. The lowest BCUT2D eigenvalue weighted by molar-refractivity contribution is 0.301. The second-order valence-electron chi connectivity index (χ2n) is 5.81. The van der Waals surface area contributed by atoms with Gasteiger partial charge in [0.1, 0.15) is 18.0 Å². The van der Waals surface area contributed by atoms with Crippen molar-refractivity contribution in [2.24, 2.45) is 0 Å². The van der Waals surface area contributed by atoms with Gasteiger partial charge in [-0.3, -0.25) is 9.20 Å². The van der Waals surface area contributed by atoms with Gasteiger partial charge < -0.3 is 4.74 Å². The van der Waals surface area contributed by atoms with Gasteiger partial charge in [-0.1, -0.05) is 54.1 Å². The van der Waals surface area contributed by atoms with Crippen molar-refractivity contribution in [2.75, 3.05) is 0 Å². The van der Waals surface area contributed by atoms with E-state index in [1.807, 2.05) is 54.6 Å². The molecule has 0 spiro atoms. The molecule has 0 aliphatic carbocycles. The molecule has 4 aromatic rings. The Balaban J connectivity index is 1.56. The summed E-state index contributed by atoms with van der Waals surface area (Å²) in [5.74, 6) is 0.557. The summed E-state index contributed by atoms with van der Waals surface area (Å²) in [6.07, 6.45) is 1.69. The molecular weight excluding hydrogens is 348 g/mol. The predicted molar refractivity (Wildman–Crippen MR) is 103 cm³/mol. The van der Waals surface area contributed by atoms with Crippen LogP contribution < -0.4 is 10.3 Å². The molecule has 128 valence electrons. The fourth-order valence-corrected chi connectivity index (χ4v) is 2.99. The zero-order valence-electron chi connectivity index (χ0n) is 13.8. The standard InChI is InChI=1S/C21H15ClN2O2/c22-18-12-16(15-6-2-1-3-7-15)9-10-19(18)26-14-17-13-21(25)24-11-5-4-8-20(24)23-17/h1-13H,14H2. The molecule has 5 heteroatoms.